The third-order valence-corrected chi connectivity index (χ3v) is 10.7. The van der Waals surface area contributed by atoms with Crippen molar-refractivity contribution in [1.29, 1.82) is 0 Å². The maximum atomic E-state index is 15.3. The minimum absolute atomic E-state index is 0.000259. The van der Waals surface area contributed by atoms with Crippen LogP contribution in [0.1, 0.15) is 163 Å². The smallest absolute Gasteiger partial charge is 0.130 e. The standard InChI is InChI=1S/C38H53F/c1-3-5-6-8-29-11-15-34(16-12-29)36-25-26-37(38(39)27-36)35-23-21-33(22-24-35)32-19-17-31(18-20-32)30-13-9-28(7-4-2)10-14-30/h17-20,23,25-30,33-34H,3-16,21-22,24H2,1-2H3. The topological polar surface area (TPSA) is 0 Å². The first-order valence-electron chi connectivity index (χ1n) is 16.7. The Morgan fingerprint density at radius 2 is 1.21 bits per heavy atom. The molecule has 0 amide bonds. The van der Waals surface area contributed by atoms with E-state index in [9.17, 15) is 0 Å². The van der Waals surface area contributed by atoms with E-state index in [0.29, 0.717) is 11.8 Å². The van der Waals surface area contributed by atoms with Crippen LogP contribution in [0.2, 0.25) is 0 Å². The monoisotopic (exact) mass is 528 g/mol. The van der Waals surface area contributed by atoms with Gasteiger partial charge in [-0.05, 0) is 129 Å². The molecule has 1 unspecified atom stereocenters. The van der Waals surface area contributed by atoms with E-state index in [1.54, 1.807) is 5.56 Å². The van der Waals surface area contributed by atoms with Crippen molar-refractivity contribution >= 4 is 5.57 Å². The Morgan fingerprint density at radius 1 is 0.615 bits per heavy atom. The van der Waals surface area contributed by atoms with Gasteiger partial charge in [-0.15, -0.1) is 0 Å². The van der Waals surface area contributed by atoms with Crippen molar-refractivity contribution in [2.75, 3.05) is 0 Å². The molecule has 2 saturated carbocycles. The molecule has 212 valence electrons. The summed E-state index contributed by atoms with van der Waals surface area (Å²) in [7, 11) is 0. The number of unbranched alkanes of at least 4 members (excludes halogenated alkanes) is 2. The van der Waals surface area contributed by atoms with Crippen molar-refractivity contribution in [3.63, 3.8) is 0 Å². The molecule has 39 heavy (non-hydrogen) atoms. The minimum atomic E-state index is 0.000259. The molecule has 0 radical (unpaired) electrons. The van der Waals surface area contributed by atoms with Crippen LogP contribution >= 0.6 is 0 Å². The molecular weight excluding hydrogens is 475 g/mol. The summed E-state index contributed by atoms with van der Waals surface area (Å²) in [5, 5.41) is 0. The third-order valence-electron chi connectivity index (χ3n) is 10.7. The number of benzene rings is 2. The summed E-state index contributed by atoms with van der Waals surface area (Å²) in [6.07, 6.45) is 24.3. The predicted molar refractivity (Wildman–Crippen MR) is 166 cm³/mol. The minimum Gasteiger partial charge on any atom is -0.206 e. The van der Waals surface area contributed by atoms with Gasteiger partial charge in [-0.1, -0.05) is 94.8 Å². The van der Waals surface area contributed by atoms with Crippen molar-refractivity contribution < 1.29 is 4.39 Å². The molecular formula is C38H53F. The Hall–Kier alpha value is -1.89. The van der Waals surface area contributed by atoms with Gasteiger partial charge in [0.05, 0.1) is 0 Å². The van der Waals surface area contributed by atoms with Gasteiger partial charge >= 0.3 is 0 Å². The van der Waals surface area contributed by atoms with Gasteiger partial charge in [0.25, 0.3) is 0 Å². The van der Waals surface area contributed by atoms with Gasteiger partial charge < -0.3 is 0 Å². The molecule has 0 heterocycles. The summed E-state index contributed by atoms with van der Waals surface area (Å²) in [5.41, 5.74) is 6.31. The maximum Gasteiger partial charge on any atom is 0.130 e. The molecule has 5 rings (SSSR count). The lowest BCUT2D eigenvalue weighted by atomic mass is 9.76. The number of rotatable bonds is 10. The summed E-state index contributed by atoms with van der Waals surface area (Å²) in [6.45, 7) is 4.61. The average Bonchev–Trinajstić information content (AvgIpc) is 2.98. The highest BCUT2D eigenvalue weighted by atomic mass is 19.1. The molecule has 1 heteroatoms. The Morgan fingerprint density at radius 3 is 1.77 bits per heavy atom. The van der Waals surface area contributed by atoms with Crippen LogP contribution in [0, 0.1) is 17.7 Å². The molecule has 2 fully saturated rings. The molecule has 1 atom stereocenters. The van der Waals surface area contributed by atoms with Gasteiger partial charge in [0, 0.05) is 5.56 Å². The van der Waals surface area contributed by atoms with Crippen molar-refractivity contribution in [3.8, 4) is 0 Å². The zero-order chi connectivity index (χ0) is 27.0. The first-order valence-corrected chi connectivity index (χ1v) is 16.7. The second kappa shape index (κ2) is 14.1. The van der Waals surface area contributed by atoms with Crippen LogP contribution in [0.5, 0.6) is 0 Å². The number of hydrogen-bond donors (Lipinski definition) is 0. The molecule has 0 aromatic heterocycles. The number of hydrogen-bond acceptors (Lipinski definition) is 0. The third kappa shape index (κ3) is 7.45. The summed E-state index contributed by atoms with van der Waals surface area (Å²) in [6, 6.07) is 15.8. The first kappa shape index (κ1) is 28.6. The van der Waals surface area contributed by atoms with Gasteiger partial charge in [0.2, 0.25) is 0 Å². The summed E-state index contributed by atoms with van der Waals surface area (Å²) >= 11 is 0. The van der Waals surface area contributed by atoms with Crippen LogP contribution in [0.3, 0.4) is 0 Å². The summed E-state index contributed by atoms with van der Waals surface area (Å²) in [5.74, 6) is 3.75. The molecule has 0 bridgehead atoms. The van der Waals surface area contributed by atoms with Crippen molar-refractivity contribution in [2.45, 2.75) is 141 Å². The molecule has 0 nitrogen and oxygen atoms in total. The van der Waals surface area contributed by atoms with Gasteiger partial charge in [-0.3, -0.25) is 0 Å². The zero-order valence-electron chi connectivity index (χ0n) is 24.9. The lowest BCUT2D eigenvalue weighted by Crippen LogP contribution is -2.14. The Kier molecular flexibility index (Phi) is 10.4. The molecule has 3 aliphatic rings. The molecule has 0 N–H and O–H groups in total. The van der Waals surface area contributed by atoms with Crippen molar-refractivity contribution in [2.24, 2.45) is 11.8 Å². The van der Waals surface area contributed by atoms with E-state index in [0.717, 1.165) is 42.6 Å². The molecule has 2 aromatic rings. The van der Waals surface area contributed by atoms with Gasteiger partial charge in [-0.2, -0.15) is 0 Å². The highest BCUT2D eigenvalue weighted by Gasteiger charge is 2.25. The fourth-order valence-electron chi connectivity index (χ4n) is 8.13. The number of halogens is 1. The largest absolute Gasteiger partial charge is 0.206 e. The SMILES string of the molecule is CCCCCC1CCC(c2ccc(C3=CCC(c4ccc(C5CCC(CCC)CC5)cc4)CC3)c(F)c2)CC1. The van der Waals surface area contributed by atoms with Crippen molar-refractivity contribution in [1.82, 2.24) is 0 Å². The quantitative estimate of drug-likeness (QED) is 0.269. The normalized spacial score (nSPS) is 27.8. The zero-order valence-corrected chi connectivity index (χ0v) is 24.9. The Bertz CT molecular complexity index is 1050. The first-order chi connectivity index (χ1) is 19.1. The Balaban J connectivity index is 1.13. The fraction of sp³-hybridized carbons (Fsp3) is 0.632. The second-order valence-electron chi connectivity index (χ2n) is 13.3. The van der Waals surface area contributed by atoms with E-state index in [1.807, 2.05) is 6.07 Å². The van der Waals surface area contributed by atoms with Gasteiger partial charge in [0.15, 0.2) is 0 Å². The van der Waals surface area contributed by atoms with Gasteiger partial charge in [0.1, 0.15) is 5.82 Å². The van der Waals surface area contributed by atoms with Crippen LogP contribution < -0.4 is 0 Å². The summed E-state index contributed by atoms with van der Waals surface area (Å²) < 4.78 is 15.3. The van der Waals surface area contributed by atoms with E-state index in [1.165, 1.54) is 107 Å². The maximum absolute atomic E-state index is 15.3. The average molecular weight is 529 g/mol. The lowest BCUT2D eigenvalue weighted by Gasteiger charge is -2.29. The molecule has 3 aliphatic carbocycles. The van der Waals surface area contributed by atoms with Gasteiger partial charge in [-0.25, -0.2) is 4.39 Å². The molecule has 0 aliphatic heterocycles. The van der Waals surface area contributed by atoms with E-state index in [-0.39, 0.29) is 5.82 Å². The highest BCUT2D eigenvalue weighted by Crippen LogP contribution is 2.42. The lowest BCUT2D eigenvalue weighted by molar-refractivity contribution is 0.302. The molecule has 0 saturated heterocycles. The van der Waals surface area contributed by atoms with Crippen LogP contribution in [0.4, 0.5) is 4.39 Å². The highest BCUT2D eigenvalue weighted by molar-refractivity contribution is 5.67. The van der Waals surface area contributed by atoms with Crippen LogP contribution in [0.25, 0.3) is 5.57 Å². The van der Waals surface area contributed by atoms with Crippen LogP contribution in [0.15, 0.2) is 48.5 Å². The second-order valence-corrected chi connectivity index (χ2v) is 13.3. The Labute approximate surface area is 238 Å². The van der Waals surface area contributed by atoms with Crippen molar-refractivity contribution in [3.05, 3.63) is 76.6 Å². The fourth-order valence-corrected chi connectivity index (χ4v) is 8.13. The van der Waals surface area contributed by atoms with E-state index < -0.39 is 0 Å². The van der Waals surface area contributed by atoms with Crippen LogP contribution in [-0.2, 0) is 0 Å². The molecule has 2 aromatic carbocycles. The predicted octanol–water partition coefficient (Wildman–Crippen LogP) is 12.1. The summed E-state index contributed by atoms with van der Waals surface area (Å²) in [4.78, 5) is 0. The van der Waals surface area contributed by atoms with E-state index in [4.69, 9.17) is 0 Å². The van der Waals surface area contributed by atoms with Crippen LogP contribution in [-0.4, -0.2) is 0 Å². The van der Waals surface area contributed by atoms with E-state index in [2.05, 4.69) is 56.3 Å². The van der Waals surface area contributed by atoms with E-state index >= 15 is 4.39 Å². The number of allylic oxidation sites excluding steroid dienone is 2. The molecule has 0 spiro atoms.